The van der Waals surface area contributed by atoms with E-state index in [1.54, 1.807) is 28.4 Å². The van der Waals surface area contributed by atoms with Crippen molar-refractivity contribution < 1.29 is 18.9 Å². The van der Waals surface area contributed by atoms with Crippen molar-refractivity contribution in [2.24, 2.45) is 0 Å². The molecule has 0 unspecified atom stereocenters. The van der Waals surface area contributed by atoms with Crippen LogP contribution in [0.2, 0.25) is 0 Å². The number of rotatable bonds is 10. The van der Waals surface area contributed by atoms with Gasteiger partial charge in [0.15, 0.2) is 12.6 Å². The lowest BCUT2D eigenvalue weighted by Gasteiger charge is -2.11. The Labute approximate surface area is 123 Å². The SMILES string of the molecule is COC(CCCC#CC#CCCCC(OC)OC)OC. The molecule has 0 bridgehead atoms. The Morgan fingerprint density at radius 3 is 1.30 bits per heavy atom. The molecule has 0 saturated carbocycles. The van der Waals surface area contributed by atoms with Crippen molar-refractivity contribution >= 4 is 0 Å². The quantitative estimate of drug-likeness (QED) is 0.350. The smallest absolute Gasteiger partial charge is 0.156 e. The second-order valence-electron chi connectivity index (χ2n) is 4.19. The molecule has 0 amide bonds. The maximum Gasteiger partial charge on any atom is 0.156 e. The molecule has 0 atom stereocenters. The molecule has 4 nitrogen and oxygen atoms in total. The summed E-state index contributed by atoms with van der Waals surface area (Å²) in [5, 5.41) is 0. The van der Waals surface area contributed by atoms with E-state index in [9.17, 15) is 0 Å². The topological polar surface area (TPSA) is 36.9 Å². The van der Waals surface area contributed by atoms with Crippen LogP contribution in [0.4, 0.5) is 0 Å². The normalized spacial score (nSPS) is 10.1. The zero-order valence-electron chi connectivity index (χ0n) is 13.0. The maximum atomic E-state index is 5.09. The first-order valence-electron chi connectivity index (χ1n) is 6.85. The Balaban J connectivity index is 3.60. The average Bonchev–Trinajstić information content (AvgIpc) is 2.49. The fourth-order valence-corrected chi connectivity index (χ4v) is 1.59. The summed E-state index contributed by atoms with van der Waals surface area (Å²) in [6.07, 6.45) is 4.97. The van der Waals surface area contributed by atoms with Gasteiger partial charge >= 0.3 is 0 Å². The van der Waals surface area contributed by atoms with Crippen molar-refractivity contribution in [1.29, 1.82) is 0 Å². The zero-order valence-corrected chi connectivity index (χ0v) is 13.0. The van der Waals surface area contributed by atoms with Crippen LogP contribution < -0.4 is 0 Å². The lowest BCUT2D eigenvalue weighted by Crippen LogP contribution is -2.12. The third-order valence-corrected chi connectivity index (χ3v) is 2.77. The third-order valence-electron chi connectivity index (χ3n) is 2.77. The summed E-state index contributed by atoms with van der Waals surface area (Å²) >= 11 is 0. The fraction of sp³-hybridized carbons (Fsp3) is 0.750. The van der Waals surface area contributed by atoms with Gasteiger partial charge in [-0.15, -0.1) is 0 Å². The van der Waals surface area contributed by atoms with Crippen molar-refractivity contribution in [3.63, 3.8) is 0 Å². The summed E-state index contributed by atoms with van der Waals surface area (Å²) in [6, 6.07) is 0. The van der Waals surface area contributed by atoms with Gasteiger partial charge in [0.05, 0.1) is 0 Å². The van der Waals surface area contributed by atoms with Gasteiger partial charge in [-0.3, -0.25) is 0 Å². The molecule has 0 heterocycles. The highest BCUT2D eigenvalue weighted by atomic mass is 16.7. The summed E-state index contributed by atoms with van der Waals surface area (Å²) < 4.78 is 20.4. The van der Waals surface area contributed by atoms with Gasteiger partial charge in [-0.05, 0) is 37.5 Å². The van der Waals surface area contributed by atoms with Crippen LogP contribution in [0, 0.1) is 23.7 Å². The van der Waals surface area contributed by atoms with E-state index < -0.39 is 0 Å². The summed E-state index contributed by atoms with van der Waals surface area (Å²) in [6.45, 7) is 0. The third kappa shape index (κ3) is 10.8. The van der Waals surface area contributed by atoms with Crippen LogP contribution in [0.1, 0.15) is 38.5 Å². The van der Waals surface area contributed by atoms with Crippen molar-refractivity contribution in [2.45, 2.75) is 51.1 Å². The molecule has 114 valence electrons. The Bertz CT molecular complexity index is 290. The summed E-state index contributed by atoms with van der Waals surface area (Å²) in [5.41, 5.74) is 0. The number of unbranched alkanes of at least 4 members (excludes halogenated alkanes) is 2. The largest absolute Gasteiger partial charge is 0.356 e. The van der Waals surface area contributed by atoms with Crippen molar-refractivity contribution in [1.82, 2.24) is 0 Å². The van der Waals surface area contributed by atoms with Gasteiger partial charge in [0.1, 0.15) is 0 Å². The lowest BCUT2D eigenvalue weighted by atomic mass is 10.2. The molecular formula is C16H26O4. The van der Waals surface area contributed by atoms with Gasteiger partial charge in [0.25, 0.3) is 0 Å². The van der Waals surface area contributed by atoms with Crippen LogP contribution in [0.3, 0.4) is 0 Å². The number of ether oxygens (including phenoxy) is 4. The van der Waals surface area contributed by atoms with Gasteiger partial charge in [-0.25, -0.2) is 0 Å². The molecule has 0 saturated heterocycles. The van der Waals surface area contributed by atoms with Gasteiger partial charge in [-0.2, -0.15) is 0 Å². The number of methoxy groups -OCH3 is 4. The molecule has 4 heteroatoms. The van der Waals surface area contributed by atoms with E-state index in [1.165, 1.54) is 0 Å². The van der Waals surface area contributed by atoms with Gasteiger partial charge in [-0.1, -0.05) is 11.8 Å². The average molecular weight is 282 g/mol. The predicted octanol–water partition coefficient (Wildman–Crippen LogP) is 2.57. The molecule has 0 aromatic rings. The molecule has 0 aliphatic rings. The maximum absolute atomic E-state index is 5.09. The molecule has 0 radical (unpaired) electrons. The summed E-state index contributed by atoms with van der Waals surface area (Å²) in [4.78, 5) is 0. The fourth-order valence-electron chi connectivity index (χ4n) is 1.59. The Kier molecular flexibility index (Phi) is 13.6. The van der Waals surface area contributed by atoms with Gasteiger partial charge < -0.3 is 18.9 Å². The molecule has 0 rings (SSSR count). The summed E-state index contributed by atoms with van der Waals surface area (Å²) in [5.74, 6) is 11.8. The van der Waals surface area contributed by atoms with E-state index >= 15 is 0 Å². The predicted molar refractivity (Wildman–Crippen MR) is 78.9 cm³/mol. The molecule has 0 aromatic carbocycles. The second-order valence-corrected chi connectivity index (χ2v) is 4.19. The molecular weight excluding hydrogens is 256 g/mol. The first-order chi connectivity index (χ1) is 9.78. The van der Waals surface area contributed by atoms with Crippen LogP contribution in [0.15, 0.2) is 0 Å². The van der Waals surface area contributed by atoms with Gasteiger partial charge in [0, 0.05) is 41.3 Å². The highest BCUT2D eigenvalue weighted by molar-refractivity contribution is 5.25. The minimum absolute atomic E-state index is 0.127. The second kappa shape index (κ2) is 14.4. The Morgan fingerprint density at radius 1 is 0.650 bits per heavy atom. The standard InChI is InChI=1S/C16H26O4/c1-17-15(18-2)13-11-9-7-5-6-8-10-12-14-16(19-3)20-4/h15-16H,9-14H2,1-4H3. The van der Waals surface area contributed by atoms with Crippen LogP contribution >= 0.6 is 0 Å². The van der Waals surface area contributed by atoms with Gasteiger partial charge in [0.2, 0.25) is 0 Å². The number of hydrogen-bond acceptors (Lipinski definition) is 4. The molecule has 0 aliphatic carbocycles. The first-order valence-corrected chi connectivity index (χ1v) is 6.85. The van der Waals surface area contributed by atoms with Crippen molar-refractivity contribution in [3.05, 3.63) is 0 Å². The van der Waals surface area contributed by atoms with E-state index in [1.807, 2.05) is 0 Å². The van der Waals surface area contributed by atoms with E-state index in [0.29, 0.717) is 0 Å². The molecule has 0 N–H and O–H groups in total. The van der Waals surface area contributed by atoms with E-state index in [0.717, 1.165) is 38.5 Å². The van der Waals surface area contributed by atoms with E-state index in [2.05, 4.69) is 23.7 Å². The van der Waals surface area contributed by atoms with Crippen molar-refractivity contribution in [2.75, 3.05) is 28.4 Å². The highest BCUT2D eigenvalue weighted by Gasteiger charge is 2.03. The van der Waals surface area contributed by atoms with Crippen molar-refractivity contribution in [3.8, 4) is 23.7 Å². The Morgan fingerprint density at radius 2 is 1.00 bits per heavy atom. The molecule has 0 spiro atoms. The van der Waals surface area contributed by atoms with Crippen LogP contribution in [0.5, 0.6) is 0 Å². The molecule has 0 aromatic heterocycles. The molecule has 20 heavy (non-hydrogen) atoms. The number of hydrogen-bond donors (Lipinski definition) is 0. The Hall–Kier alpha value is -1.04. The minimum atomic E-state index is -0.127. The zero-order chi connectivity index (χ0) is 15.1. The summed E-state index contributed by atoms with van der Waals surface area (Å²) in [7, 11) is 6.57. The van der Waals surface area contributed by atoms with Crippen LogP contribution in [0.25, 0.3) is 0 Å². The van der Waals surface area contributed by atoms with Crippen LogP contribution in [-0.4, -0.2) is 41.0 Å². The minimum Gasteiger partial charge on any atom is -0.356 e. The van der Waals surface area contributed by atoms with E-state index in [-0.39, 0.29) is 12.6 Å². The first kappa shape index (κ1) is 19.0. The molecule has 0 aliphatic heterocycles. The highest BCUT2D eigenvalue weighted by Crippen LogP contribution is 2.04. The lowest BCUT2D eigenvalue weighted by molar-refractivity contribution is -0.106. The van der Waals surface area contributed by atoms with Crippen LogP contribution in [-0.2, 0) is 18.9 Å². The molecule has 0 fully saturated rings. The monoisotopic (exact) mass is 282 g/mol. The van der Waals surface area contributed by atoms with E-state index in [4.69, 9.17) is 18.9 Å².